The fourth-order valence-electron chi connectivity index (χ4n) is 14.6. The Kier molecular flexibility index (Phi) is 22.2. The maximum Gasteiger partial charge on any atom is 3.00 e. The summed E-state index contributed by atoms with van der Waals surface area (Å²) in [5.74, 6) is 0. The summed E-state index contributed by atoms with van der Waals surface area (Å²) in [6.07, 6.45) is 9.41. The third-order valence-corrected chi connectivity index (χ3v) is 21.4. The molecular weight excluding hydrogens is 1540 g/mol. The molecule has 0 aliphatic carbocycles. The summed E-state index contributed by atoms with van der Waals surface area (Å²) in [4.78, 5) is 15.0. The zero-order chi connectivity index (χ0) is 74.7. The van der Waals surface area contributed by atoms with Crippen LogP contribution in [0.1, 0.15) is 101 Å². The summed E-state index contributed by atoms with van der Waals surface area (Å²) in [6, 6.07) is 117. The molecule has 0 saturated heterocycles. The number of aromatic nitrogens is 3. The SMILES string of the molecule is CC(C)(C)c1ccnc(-c2[c-]cc(-c3ccccc3-c3cc(-c4ccccc4-c4c[c-]c(-c5cc(C(C)(C)C)ccn5)cc4-c4ccc(CCc5ccc(Cl)cc5)cc4)cc(-c4ccccc4-c4c[c-]c(-c5cc(C(C)(C)C)ccn5)cc4-c4ccc(CCc5ccc(Cl)cc5)cc4)c3)c(-c3ccccc3)c2)c1.[Ir+3]. The van der Waals surface area contributed by atoms with Crippen molar-refractivity contribution in [2.75, 3.05) is 0 Å². The molecule has 12 aromatic carbocycles. The van der Waals surface area contributed by atoms with E-state index in [0.717, 1.165) is 170 Å². The standard InChI is InChI=1S/C103H86Cl2N3.Ir/c1-101(2,3)81-53-56-106-98(65-81)75-43-50-92(95(62-75)72-19-11-10-12-20-72)89-24-16-13-21-86(89)78-59-79(87-22-14-17-25-90(87)93-51-44-76(99-66-82(54-57-107-99)102(4,5)6)63-96(93)73-39-31-68(32-40-73)27-29-70-35-46-84(104)47-36-70)61-80(60-78)88-23-15-18-26-91(88)94-52-45-77(100-67-83(55-58-108-100)103(7,8)9)64-97(94)74-41-33-69(34-42-74)28-30-71-37-48-85(105)49-38-71;/h10-26,31-42,46-67H,27-30H2,1-9H3;/q-3;+3. The maximum atomic E-state index is 6.32. The predicted molar refractivity (Wildman–Crippen MR) is 455 cm³/mol. The third-order valence-electron chi connectivity index (χ3n) is 20.9. The van der Waals surface area contributed by atoms with E-state index in [1.807, 2.05) is 42.9 Å². The van der Waals surface area contributed by atoms with Crippen LogP contribution >= 0.6 is 23.2 Å². The first-order chi connectivity index (χ1) is 52.2. The second-order valence-corrected chi connectivity index (χ2v) is 32.4. The molecule has 6 heteroatoms. The van der Waals surface area contributed by atoms with Crippen LogP contribution in [0.15, 0.2) is 310 Å². The van der Waals surface area contributed by atoms with Gasteiger partial charge in [-0.3, -0.25) is 0 Å². The largest absolute Gasteiger partial charge is 3.00 e. The molecule has 0 atom stereocenters. The molecule has 0 aliphatic rings. The van der Waals surface area contributed by atoms with E-state index in [1.54, 1.807) is 0 Å². The molecule has 0 amide bonds. The van der Waals surface area contributed by atoms with Crippen molar-refractivity contribution in [2.45, 2.75) is 104 Å². The van der Waals surface area contributed by atoms with Gasteiger partial charge in [0.1, 0.15) is 0 Å². The molecule has 0 spiro atoms. The summed E-state index contributed by atoms with van der Waals surface area (Å²) in [7, 11) is 0. The number of nitrogens with zero attached hydrogens (tertiary/aromatic N) is 3. The Morgan fingerprint density at radius 3 is 0.789 bits per heavy atom. The average Bonchev–Trinajstić information content (AvgIpc) is 0.762. The molecule has 0 N–H and O–H groups in total. The summed E-state index contributed by atoms with van der Waals surface area (Å²) in [5.41, 5.74) is 33.4. The molecule has 0 bridgehead atoms. The third kappa shape index (κ3) is 17.1. The molecule has 15 rings (SSSR count). The van der Waals surface area contributed by atoms with Gasteiger partial charge in [0.25, 0.3) is 0 Å². The molecule has 15 aromatic rings. The summed E-state index contributed by atoms with van der Waals surface area (Å²) < 4.78 is 0. The normalized spacial score (nSPS) is 11.7. The quantitative estimate of drug-likeness (QED) is 0.0804. The Balaban J connectivity index is 0.00000992. The van der Waals surface area contributed by atoms with E-state index in [4.69, 9.17) is 38.2 Å². The Morgan fingerprint density at radius 2 is 0.505 bits per heavy atom. The molecule has 0 radical (unpaired) electrons. The zero-order valence-corrected chi connectivity index (χ0v) is 67.1. The predicted octanol–water partition coefficient (Wildman–Crippen LogP) is 28.0. The van der Waals surface area contributed by atoms with Crippen molar-refractivity contribution < 1.29 is 20.1 Å². The molecule has 3 nitrogen and oxygen atoms in total. The van der Waals surface area contributed by atoms with Crippen LogP contribution in [-0.2, 0) is 62.0 Å². The molecule has 0 saturated carbocycles. The first-order valence-corrected chi connectivity index (χ1v) is 38.2. The molecule has 0 aliphatic heterocycles. The van der Waals surface area contributed by atoms with Gasteiger partial charge in [-0.15, -0.1) is 71.3 Å². The van der Waals surface area contributed by atoms with Crippen LogP contribution in [0, 0.1) is 18.2 Å². The molecule has 3 aromatic heterocycles. The van der Waals surface area contributed by atoms with Crippen LogP contribution in [0.25, 0.3) is 134 Å². The van der Waals surface area contributed by atoms with Gasteiger partial charge in [0.2, 0.25) is 0 Å². The fourth-order valence-corrected chi connectivity index (χ4v) is 14.9. The van der Waals surface area contributed by atoms with Crippen molar-refractivity contribution in [3.8, 4) is 134 Å². The van der Waals surface area contributed by atoms with Crippen LogP contribution in [0.5, 0.6) is 0 Å². The van der Waals surface area contributed by atoms with Gasteiger partial charge >= 0.3 is 20.1 Å². The van der Waals surface area contributed by atoms with Gasteiger partial charge in [0.15, 0.2) is 0 Å². The Bertz CT molecular complexity index is 5480. The van der Waals surface area contributed by atoms with E-state index >= 15 is 0 Å². The first-order valence-electron chi connectivity index (χ1n) is 37.5. The topological polar surface area (TPSA) is 38.7 Å². The van der Waals surface area contributed by atoms with Crippen LogP contribution in [0.4, 0.5) is 0 Å². The van der Waals surface area contributed by atoms with Crippen molar-refractivity contribution in [1.82, 2.24) is 15.0 Å². The molecule has 536 valence electrons. The Morgan fingerprint density at radius 1 is 0.248 bits per heavy atom. The van der Waals surface area contributed by atoms with E-state index in [9.17, 15) is 0 Å². The number of halogens is 2. The summed E-state index contributed by atoms with van der Waals surface area (Å²) in [6.45, 7) is 20.3. The van der Waals surface area contributed by atoms with Crippen LogP contribution in [0.3, 0.4) is 0 Å². The molecule has 109 heavy (non-hydrogen) atoms. The summed E-state index contributed by atoms with van der Waals surface area (Å²) in [5, 5.41) is 1.49. The first kappa shape index (κ1) is 75.1. The second kappa shape index (κ2) is 32.3. The Labute approximate surface area is 668 Å². The second-order valence-electron chi connectivity index (χ2n) is 31.5. The van der Waals surface area contributed by atoms with E-state index in [1.165, 1.54) is 38.9 Å². The van der Waals surface area contributed by atoms with E-state index in [2.05, 4.69) is 347 Å². The van der Waals surface area contributed by atoms with Crippen LogP contribution in [-0.4, -0.2) is 15.0 Å². The van der Waals surface area contributed by atoms with Crippen molar-refractivity contribution in [3.05, 3.63) is 377 Å². The number of rotatable bonds is 18. The number of aryl methyl sites for hydroxylation is 4. The van der Waals surface area contributed by atoms with E-state index in [0.29, 0.717) is 0 Å². The van der Waals surface area contributed by atoms with Gasteiger partial charge in [-0.2, -0.15) is 0 Å². The van der Waals surface area contributed by atoms with Gasteiger partial charge in [0.05, 0.1) is 0 Å². The monoisotopic (exact) mass is 1630 g/mol. The molecule has 3 heterocycles. The van der Waals surface area contributed by atoms with Gasteiger partial charge in [-0.1, -0.05) is 330 Å². The zero-order valence-electron chi connectivity index (χ0n) is 63.2. The van der Waals surface area contributed by atoms with Gasteiger partial charge in [0, 0.05) is 28.6 Å². The van der Waals surface area contributed by atoms with Crippen molar-refractivity contribution >= 4 is 23.2 Å². The van der Waals surface area contributed by atoms with E-state index in [-0.39, 0.29) is 36.4 Å². The number of hydrogen-bond donors (Lipinski definition) is 0. The van der Waals surface area contributed by atoms with Crippen LogP contribution in [0.2, 0.25) is 10.0 Å². The fraction of sp³-hybridized carbons (Fsp3) is 0.155. The minimum absolute atomic E-state index is 0. The van der Waals surface area contributed by atoms with Gasteiger partial charge in [-0.25, -0.2) is 0 Å². The van der Waals surface area contributed by atoms with Gasteiger partial charge < -0.3 is 15.0 Å². The van der Waals surface area contributed by atoms with Crippen LogP contribution < -0.4 is 0 Å². The number of hydrogen-bond acceptors (Lipinski definition) is 3. The minimum Gasteiger partial charge on any atom is -0.305 e. The van der Waals surface area contributed by atoms with Crippen molar-refractivity contribution in [2.24, 2.45) is 0 Å². The minimum atomic E-state index is -0.0754. The number of benzene rings is 12. The van der Waals surface area contributed by atoms with Gasteiger partial charge in [-0.05, 0) is 209 Å². The maximum absolute atomic E-state index is 6.32. The smallest absolute Gasteiger partial charge is 0.305 e. The van der Waals surface area contributed by atoms with Crippen molar-refractivity contribution in [1.29, 1.82) is 0 Å². The number of pyridine rings is 3. The Hall–Kier alpha value is -10.7. The molecular formula is C103H86Cl2IrN3. The molecule has 0 fully saturated rings. The summed E-state index contributed by atoms with van der Waals surface area (Å²) >= 11 is 12.6. The van der Waals surface area contributed by atoms with E-state index < -0.39 is 0 Å². The average molecular weight is 1630 g/mol. The molecule has 0 unspecified atom stereocenters. The van der Waals surface area contributed by atoms with Crippen molar-refractivity contribution in [3.63, 3.8) is 0 Å².